The summed E-state index contributed by atoms with van der Waals surface area (Å²) < 4.78 is 5.20. The maximum Gasteiger partial charge on any atom is 0.315 e. The minimum Gasteiger partial charge on any atom is -0.386 e. The third kappa shape index (κ3) is 4.38. The topological polar surface area (TPSA) is 70.6 Å². The molecule has 0 unspecified atom stereocenters. The van der Waals surface area contributed by atoms with Gasteiger partial charge in [-0.15, -0.1) is 0 Å². The molecule has 1 saturated heterocycles. The Bertz CT molecular complexity index is 687. The summed E-state index contributed by atoms with van der Waals surface area (Å²) in [6, 6.07) is 18.0. The Kier molecular flexibility index (Phi) is 5.36. The second-order valence-electron chi connectivity index (χ2n) is 6.87. The highest BCUT2D eigenvalue weighted by Crippen LogP contribution is 2.29. The highest BCUT2D eigenvalue weighted by Gasteiger charge is 2.34. The lowest BCUT2D eigenvalue weighted by molar-refractivity contribution is -0.0976. The summed E-state index contributed by atoms with van der Waals surface area (Å²) in [5, 5.41) is 16.6. The predicted octanol–water partition coefficient (Wildman–Crippen LogP) is 2.80. The molecule has 5 nitrogen and oxygen atoms in total. The van der Waals surface area contributed by atoms with Gasteiger partial charge in [-0.1, -0.05) is 67.6 Å². The summed E-state index contributed by atoms with van der Waals surface area (Å²) in [6.45, 7) is 3.93. The van der Waals surface area contributed by atoms with Crippen LogP contribution in [0.25, 0.3) is 0 Å². The fraction of sp³-hybridized carbons (Fsp3) is 0.350. The van der Waals surface area contributed by atoms with E-state index in [0.717, 1.165) is 11.1 Å². The minimum atomic E-state index is -0.836. The van der Waals surface area contributed by atoms with Gasteiger partial charge >= 0.3 is 6.03 Å². The van der Waals surface area contributed by atoms with Crippen molar-refractivity contribution in [2.75, 3.05) is 19.8 Å². The van der Waals surface area contributed by atoms with Crippen LogP contribution in [-0.4, -0.2) is 30.9 Å². The van der Waals surface area contributed by atoms with Crippen molar-refractivity contribution >= 4 is 6.03 Å². The van der Waals surface area contributed by atoms with E-state index in [1.54, 1.807) is 0 Å². The smallest absolute Gasteiger partial charge is 0.315 e. The first-order valence-electron chi connectivity index (χ1n) is 8.47. The van der Waals surface area contributed by atoms with E-state index >= 15 is 0 Å². The second kappa shape index (κ2) is 7.68. The molecule has 3 rings (SSSR count). The summed E-state index contributed by atoms with van der Waals surface area (Å²) in [5.41, 5.74) is 1.61. The normalized spacial score (nSPS) is 17.8. The van der Waals surface area contributed by atoms with Crippen LogP contribution in [0.3, 0.4) is 0 Å². The van der Waals surface area contributed by atoms with Gasteiger partial charge in [0, 0.05) is 12.0 Å². The van der Waals surface area contributed by atoms with Crippen molar-refractivity contribution in [3.8, 4) is 0 Å². The third-order valence-corrected chi connectivity index (χ3v) is 4.48. The molecule has 2 amide bonds. The molecule has 0 radical (unpaired) electrons. The molecule has 1 heterocycles. The molecule has 0 saturated carbocycles. The molecule has 0 spiro atoms. The van der Waals surface area contributed by atoms with Crippen molar-refractivity contribution in [1.82, 2.24) is 10.6 Å². The number of amides is 2. The van der Waals surface area contributed by atoms with Gasteiger partial charge in [0.05, 0.1) is 19.3 Å². The molecule has 1 fully saturated rings. The molecule has 1 aliphatic rings. The second-order valence-corrected chi connectivity index (χ2v) is 6.87. The number of rotatable bonds is 6. The quantitative estimate of drug-likeness (QED) is 0.757. The van der Waals surface area contributed by atoms with E-state index in [2.05, 4.69) is 17.6 Å². The Morgan fingerprint density at radius 3 is 2.16 bits per heavy atom. The lowest BCUT2D eigenvalue weighted by atomic mass is 9.89. The fourth-order valence-corrected chi connectivity index (χ4v) is 2.89. The molecule has 2 aromatic rings. The molecule has 2 aromatic carbocycles. The van der Waals surface area contributed by atoms with Crippen molar-refractivity contribution in [2.24, 2.45) is 5.41 Å². The van der Waals surface area contributed by atoms with E-state index in [1.165, 1.54) is 0 Å². The van der Waals surface area contributed by atoms with Crippen LogP contribution in [0.2, 0.25) is 0 Å². The Balaban J connectivity index is 1.71. The molecule has 0 aliphatic carbocycles. The largest absolute Gasteiger partial charge is 0.386 e. The van der Waals surface area contributed by atoms with Crippen LogP contribution >= 0.6 is 0 Å². The Morgan fingerprint density at radius 1 is 1.08 bits per heavy atom. The first-order valence-corrected chi connectivity index (χ1v) is 8.47. The summed E-state index contributed by atoms with van der Waals surface area (Å²) in [4.78, 5) is 12.4. The van der Waals surface area contributed by atoms with Crippen LogP contribution in [0.4, 0.5) is 4.79 Å². The van der Waals surface area contributed by atoms with Crippen LogP contribution in [0, 0.1) is 5.41 Å². The summed E-state index contributed by atoms with van der Waals surface area (Å²) in [7, 11) is 0. The highest BCUT2D eigenvalue weighted by atomic mass is 16.5. The number of carbonyl (C=O) groups is 1. The van der Waals surface area contributed by atoms with Gasteiger partial charge < -0.3 is 20.5 Å². The monoisotopic (exact) mass is 340 g/mol. The molecular formula is C20H24N2O3. The maximum atomic E-state index is 12.4. The summed E-state index contributed by atoms with van der Waals surface area (Å²) in [6.07, 6.45) is -0.836. The van der Waals surface area contributed by atoms with Gasteiger partial charge in [-0.25, -0.2) is 4.79 Å². The van der Waals surface area contributed by atoms with Gasteiger partial charge in [-0.2, -0.15) is 0 Å². The lowest BCUT2D eigenvalue weighted by Crippen LogP contribution is -2.51. The Morgan fingerprint density at radius 2 is 1.64 bits per heavy atom. The van der Waals surface area contributed by atoms with E-state index in [1.807, 2.05) is 60.7 Å². The number of ether oxygens (including phenoxy) is 1. The number of carbonyl (C=O) groups excluding carboxylic acids is 1. The number of urea groups is 1. The van der Waals surface area contributed by atoms with Crippen LogP contribution in [0.5, 0.6) is 0 Å². The molecule has 132 valence electrons. The number of hydrogen-bond donors (Lipinski definition) is 3. The Hall–Kier alpha value is -2.37. The third-order valence-electron chi connectivity index (χ3n) is 4.48. The average Bonchev–Trinajstić information content (AvgIpc) is 2.64. The van der Waals surface area contributed by atoms with Gasteiger partial charge in [-0.05, 0) is 11.1 Å². The van der Waals surface area contributed by atoms with Gasteiger partial charge in [0.1, 0.15) is 6.10 Å². The van der Waals surface area contributed by atoms with Crippen molar-refractivity contribution in [3.63, 3.8) is 0 Å². The van der Waals surface area contributed by atoms with E-state index in [-0.39, 0.29) is 11.4 Å². The number of benzene rings is 2. The molecule has 1 aliphatic heterocycles. The number of aliphatic hydroxyl groups is 1. The van der Waals surface area contributed by atoms with E-state index in [4.69, 9.17) is 4.74 Å². The lowest BCUT2D eigenvalue weighted by Gasteiger charge is -2.38. The Labute approximate surface area is 148 Å². The van der Waals surface area contributed by atoms with Gasteiger partial charge in [-0.3, -0.25) is 0 Å². The molecule has 0 aromatic heterocycles. The molecule has 2 atom stereocenters. The molecule has 5 heteroatoms. The first kappa shape index (κ1) is 17.5. The predicted molar refractivity (Wildman–Crippen MR) is 96.0 cm³/mol. The van der Waals surface area contributed by atoms with Crippen LogP contribution < -0.4 is 10.6 Å². The summed E-state index contributed by atoms with van der Waals surface area (Å²) >= 11 is 0. The van der Waals surface area contributed by atoms with Crippen LogP contribution in [0.1, 0.15) is 30.2 Å². The molecule has 3 N–H and O–H groups in total. The highest BCUT2D eigenvalue weighted by molar-refractivity contribution is 5.74. The van der Waals surface area contributed by atoms with Crippen molar-refractivity contribution in [2.45, 2.75) is 19.1 Å². The summed E-state index contributed by atoms with van der Waals surface area (Å²) in [5.74, 6) is 0. The van der Waals surface area contributed by atoms with Crippen molar-refractivity contribution in [1.29, 1.82) is 0 Å². The van der Waals surface area contributed by atoms with Gasteiger partial charge in [0.25, 0.3) is 0 Å². The zero-order valence-electron chi connectivity index (χ0n) is 14.3. The van der Waals surface area contributed by atoms with Crippen LogP contribution in [-0.2, 0) is 4.74 Å². The van der Waals surface area contributed by atoms with Crippen LogP contribution in [0.15, 0.2) is 60.7 Å². The minimum absolute atomic E-state index is 0.00235. The number of hydrogen-bond acceptors (Lipinski definition) is 3. The number of aliphatic hydroxyl groups excluding tert-OH is 1. The molecular weight excluding hydrogens is 316 g/mol. The van der Waals surface area contributed by atoms with Crippen molar-refractivity contribution in [3.05, 3.63) is 71.8 Å². The van der Waals surface area contributed by atoms with Gasteiger partial charge in [0.2, 0.25) is 0 Å². The SMILES string of the molecule is CC1(CNC(=O)N[C@@H](c2ccccc2)[C@H](O)c2ccccc2)COC1. The standard InChI is InChI=1S/C20H24N2O3/c1-20(13-25-14-20)12-21-19(24)22-17(15-8-4-2-5-9-15)18(23)16-10-6-3-7-11-16/h2-11,17-18,23H,12-14H2,1H3,(H2,21,22,24)/t17-,18+/m0/s1. The number of nitrogens with one attached hydrogen (secondary N) is 2. The zero-order chi connectivity index (χ0) is 17.7. The van der Waals surface area contributed by atoms with E-state index < -0.39 is 12.1 Å². The fourth-order valence-electron chi connectivity index (χ4n) is 2.89. The molecule has 0 bridgehead atoms. The van der Waals surface area contributed by atoms with E-state index in [9.17, 15) is 9.90 Å². The van der Waals surface area contributed by atoms with E-state index in [0.29, 0.717) is 19.8 Å². The van der Waals surface area contributed by atoms with Crippen molar-refractivity contribution < 1.29 is 14.6 Å². The first-order chi connectivity index (χ1) is 12.1. The zero-order valence-corrected chi connectivity index (χ0v) is 14.3. The average molecular weight is 340 g/mol. The molecule has 25 heavy (non-hydrogen) atoms. The maximum absolute atomic E-state index is 12.4. The van der Waals surface area contributed by atoms with Gasteiger partial charge in [0.15, 0.2) is 0 Å².